The fraction of sp³-hybridized carbons (Fsp3) is 0.692. The van der Waals surface area contributed by atoms with Gasteiger partial charge in [-0.1, -0.05) is 19.8 Å². The van der Waals surface area contributed by atoms with E-state index in [1.165, 1.54) is 11.3 Å². The number of rotatable bonds is 3. The molecule has 5 heteroatoms. The number of aromatic nitrogens is 1. The Labute approximate surface area is 111 Å². The summed E-state index contributed by atoms with van der Waals surface area (Å²) in [6.07, 6.45) is 3.45. The van der Waals surface area contributed by atoms with Crippen molar-refractivity contribution >= 4 is 22.4 Å². The average molecular weight is 268 g/mol. The van der Waals surface area contributed by atoms with Gasteiger partial charge < -0.3 is 10.4 Å². The van der Waals surface area contributed by atoms with E-state index < -0.39 is 11.5 Å². The maximum absolute atomic E-state index is 11.6. The quantitative estimate of drug-likeness (QED) is 0.883. The maximum Gasteiger partial charge on any atom is 0.329 e. The number of nitrogens with one attached hydrogen (secondary N) is 1. The monoisotopic (exact) mass is 268 g/mol. The molecule has 0 spiro atoms. The van der Waals surface area contributed by atoms with Gasteiger partial charge in [-0.2, -0.15) is 0 Å². The van der Waals surface area contributed by atoms with Crippen molar-refractivity contribution in [3.8, 4) is 0 Å². The molecular weight excluding hydrogens is 248 g/mol. The molecular formula is C13H20N2O2S. The van der Waals surface area contributed by atoms with Gasteiger partial charge in [0.15, 0.2) is 5.13 Å². The summed E-state index contributed by atoms with van der Waals surface area (Å²) in [5.41, 5.74) is 0.154. The van der Waals surface area contributed by atoms with Gasteiger partial charge in [0, 0.05) is 4.88 Å². The number of hydrogen-bond acceptors (Lipinski definition) is 4. The minimum absolute atomic E-state index is 0.449. The van der Waals surface area contributed by atoms with Crippen molar-refractivity contribution in [2.24, 2.45) is 5.92 Å². The van der Waals surface area contributed by atoms with E-state index >= 15 is 0 Å². The SMILES string of the molecule is Cc1nc(NC2(C(=O)O)CCCC(C)C2)sc1C. The zero-order valence-corrected chi connectivity index (χ0v) is 11.9. The number of anilines is 1. The molecule has 1 fully saturated rings. The first-order valence-corrected chi connectivity index (χ1v) is 7.20. The molecule has 4 nitrogen and oxygen atoms in total. The summed E-state index contributed by atoms with van der Waals surface area (Å²) in [7, 11) is 0. The topological polar surface area (TPSA) is 62.2 Å². The van der Waals surface area contributed by atoms with E-state index in [2.05, 4.69) is 17.2 Å². The minimum Gasteiger partial charge on any atom is -0.480 e. The van der Waals surface area contributed by atoms with Gasteiger partial charge in [0.2, 0.25) is 0 Å². The molecule has 0 aromatic carbocycles. The van der Waals surface area contributed by atoms with E-state index in [0.717, 1.165) is 28.5 Å². The Hall–Kier alpha value is -1.10. The summed E-state index contributed by atoms with van der Waals surface area (Å²) in [4.78, 5) is 17.2. The van der Waals surface area contributed by atoms with Gasteiger partial charge in [0.1, 0.15) is 5.54 Å². The highest BCUT2D eigenvalue weighted by Crippen LogP contribution is 2.36. The summed E-state index contributed by atoms with van der Waals surface area (Å²) in [6.45, 7) is 6.08. The number of carboxylic acid groups (broad SMARTS) is 1. The van der Waals surface area contributed by atoms with E-state index in [0.29, 0.717) is 18.8 Å². The molecule has 1 aromatic rings. The zero-order valence-electron chi connectivity index (χ0n) is 11.1. The van der Waals surface area contributed by atoms with Gasteiger partial charge in [0.05, 0.1) is 5.69 Å². The Morgan fingerprint density at radius 1 is 1.56 bits per heavy atom. The van der Waals surface area contributed by atoms with Crippen LogP contribution in [0, 0.1) is 19.8 Å². The van der Waals surface area contributed by atoms with Crippen molar-refractivity contribution in [3.63, 3.8) is 0 Å². The van der Waals surface area contributed by atoms with Crippen LogP contribution in [0.25, 0.3) is 0 Å². The third kappa shape index (κ3) is 2.51. The lowest BCUT2D eigenvalue weighted by molar-refractivity contribution is -0.144. The first-order valence-electron chi connectivity index (χ1n) is 6.38. The second-order valence-corrected chi connectivity index (χ2v) is 6.58. The lowest BCUT2D eigenvalue weighted by Gasteiger charge is -2.36. The van der Waals surface area contributed by atoms with Crippen LogP contribution in [0.1, 0.15) is 43.2 Å². The number of nitrogens with zero attached hydrogens (tertiary/aromatic N) is 1. The summed E-state index contributed by atoms with van der Waals surface area (Å²) in [6, 6.07) is 0. The molecule has 2 atom stereocenters. The van der Waals surface area contributed by atoms with Crippen LogP contribution in [0.4, 0.5) is 5.13 Å². The van der Waals surface area contributed by atoms with E-state index in [1.807, 2.05) is 13.8 Å². The normalized spacial score (nSPS) is 28.1. The van der Waals surface area contributed by atoms with Crippen LogP contribution < -0.4 is 5.32 Å². The largest absolute Gasteiger partial charge is 0.480 e. The molecule has 100 valence electrons. The summed E-state index contributed by atoms with van der Waals surface area (Å²) >= 11 is 1.54. The molecule has 0 radical (unpaired) electrons. The Kier molecular flexibility index (Phi) is 3.61. The third-order valence-corrected chi connectivity index (χ3v) is 4.77. The summed E-state index contributed by atoms with van der Waals surface area (Å²) in [5.74, 6) is -0.302. The van der Waals surface area contributed by atoms with Crippen molar-refractivity contribution in [3.05, 3.63) is 10.6 Å². The Balaban J connectivity index is 2.23. The molecule has 1 aliphatic rings. The second-order valence-electron chi connectivity index (χ2n) is 5.37. The maximum atomic E-state index is 11.6. The highest BCUT2D eigenvalue weighted by molar-refractivity contribution is 7.15. The third-order valence-electron chi connectivity index (χ3n) is 3.78. The number of carbonyl (C=O) groups is 1. The molecule has 0 aliphatic heterocycles. The van der Waals surface area contributed by atoms with Crippen LogP contribution >= 0.6 is 11.3 Å². The molecule has 1 saturated carbocycles. The molecule has 1 heterocycles. The first kappa shape index (κ1) is 13.3. The van der Waals surface area contributed by atoms with E-state index in [9.17, 15) is 9.90 Å². The van der Waals surface area contributed by atoms with Crippen molar-refractivity contribution in [2.45, 2.75) is 52.0 Å². The van der Waals surface area contributed by atoms with Crippen molar-refractivity contribution in [2.75, 3.05) is 5.32 Å². The van der Waals surface area contributed by atoms with Crippen LogP contribution in [0.2, 0.25) is 0 Å². The molecule has 18 heavy (non-hydrogen) atoms. The van der Waals surface area contributed by atoms with E-state index in [-0.39, 0.29) is 0 Å². The molecule has 1 aliphatic carbocycles. The van der Waals surface area contributed by atoms with E-state index in [1.54, 1.807) is 0 Å². The Bertz CT molecular complexity index is 438. The fourth-order valence-corrected chi connectivity index (χ4v) is 3.56. The zero-order chi connectivity index (χ0) is 13.3. The van der Waals surface area contributed by atoms with Crippen LogP contribution in [-0.4, -0.2) is 21.6 Å². The summed E-state index contributed by atoms with van der Waals surface area (Å²) < 4.78 is 0. The van der Waals surface area contributed by atoms with Crippen molar-refractivity contribution < 1.29 is 9.90 Å². The lowest BCUT2D eigenvalue weighted by Crippen LogP contribution is -2.49. The average Bonchev–Trinajstić information content (AvgIpc) is 2.57. The van der Waals surface area contributed by atoms with Crippen LogP contribution in [0.3, 0.4) is 0 Å². The molecule has 0 bridgehead atoms. The van der Waals surface area contributed by atoms with Crippen LogP contribution in [0.5, 0.6) is 0 Å². The van der Waals surface area contributed by atoms with Crippen molar-refractivity contribution in [1.29, 1.82) is 0 Å². The van der Waals surface area contributed by atoms with Gasteiger partial charge in [-0.15, -0.1) is 11.3 Å². The molecule has 2 rings (SSSR count). The molecule has 2 unspecified atom stereocenters. The van der Waals surface area contributed by atoms with Crippen LogP contribution in [0.15, 0.2) is 0 Å². The highest BCUT2D eigenvalue weighted by Gasteiger charge is 2.42. The first-order chi connectivity index (χ1) is 8.43. The Morgan fingerprint density at radius 2 is 2.28 bits per heavy atom. The Morgan fingerprint density at radius 3 is 2.78 bits per heavy atom. The molecule has 0 amide bonds. The summed E-state index contributed by atoms with van der Waals surface area (Å²) in [5, 5.41) is 13.5. The highest BCUT2D eigenvalue weighted by atomic mass is 32.1. The van der Waals surface area contributed by atoms with E-state index in [4.69, 9.17) is 0 Å². The fourth-order valence-electron chi connectivity index (χ4n) is 2.64. The minimum atomic E-state index is -0.825. The van der Waals surface area contributed by atoms with Gasteiger partial charge in [0.25, 0.3) is 0 Å². The molecule has 1 aromatic heterocycles. The number of aliphatic carboxylic acids is 1. The number of aryl methyl sites for hydroxylation is 2. The number of hydrogen-bond donors (Lipinski definition) is 2. The standard InChI is InChI=1S/C13H20N2O2S/c1-8-5-4-6-13(7-8,11(16)17)15-12-14-9(2)10(3)18-12/h8H,4-7H2,1-3H3,(H,14,15)(H,16,17). The molecule has 0 saturated heterocycles. The second kappa shape index (κ2) is 4.88. The van der Waals surface area contributed by atoms with Gasteiger partial charge in [-0.25, -0.2) is 9.78 Å². The number of carboxylic acids is 1. The van der Waals surface area contributed by atoms with Gasteiger partial charge in [-0.3, -0.25) is 0 Å². The predicted molar refractivity (Wildman–Crippen MR) is 73.2 cm³/mol. The smallest absolute Gasteiger partial charge is 0.329 e. The molecule has 2 N–H and O–H groups in total. The predicted octanol–water partition coefficient (Wildman–Crippen LogP) is 3.21. The van der Waals surface area contributed by atoms with Crippen LogP contribution in [-0.2, 0) is 4.79 Å². The van der Waals surface area contributed by atoms with Crippen molar-refractivity contribution in [1.82, 2.24) is 4.98 Å². The number of thiazole rings is 1. The van der Waals surface area contributed by atoms with Gasteiger partial charge in [-0.05, 0) is 32.6 Å². The van der Waals surface area contributed by atoms with Gasteiger partial charge >= 0.3 is 5.97 Å². The lowest BCUT2D eigenvalue weighted by atomic mass is 9.76.